The summed E-state index contributed by atoms with van der Waals surface area (Å²) in [7, 11) is 0. The van der Waals surface area contributed by atoms with E-state index in [0.717, 1.165) is 38.9 Å². The topological polar surface area (TPSA) is 32.3 Å². The molecular formula is C19H31ClN2O. The van der Waals surface area contributed by atoms with Gasteiger partial charge in [-0.15, -0.1) is 12.4 Å². The van der Waals surface area contributed by atoms with Crippen LogP contribution in [-0.4, -0.2) is 36.5 Å². The number of amides is 1. The highest BCUT2D eigenvalue weighted by Gasteiger charge is 2.27. The number of carbonyl (C=O) groups excluding carboxylic acids is 1. The summed E-state index contributed by atoms with van der Waals surface area (Å²) in [5.41, 5.74) is 2.57. The van der Waals surface area contributed by atoms with Crippen molar-refractivity contribution in [2.45, 2.75) is 58.4 Å². The van der Waals surface area contributed by atoms with Crippen LogP contribution in [0.4, 0.5) is 0 Å². The standard InChI is InChI=1S/C19H30N2O.ClH/c1-4-12-21(18-10-11-20-14-18)19(22)13-16(5-2)17-8-6-15(3)7-9-17;/h6-9,16,18,20H,4-5,10-14H2,1-3H3;1H. The minimum absolute atomic E-state index is 0. The van der Waals surface area contributed by atoms with E-state index in [9.17, 15) is 4.79 Å². The molecule has 0 radical (unpaired) electrons. The maximum absolute atomic E-state index is 12.8. The van der Waals surface area contributed by atoms with Crippen LogP contribution in [0.15, 0.2) is 24.3 Å². The van der Waals surface area contributed by atoms with E-state index in [4.69, 9.17) is 0 Å². The quantitative estimate of drug-likeness (QED) is 0.817. The molecule has 0 bridgehead atoms. The summed E-state index contributed by atoms with van der Waals surface area (Å²) >= 11 is 0. The van der Waals surface area contributed by atoms with Gasteiger partial charge in [0.25, 0.3) is 0 Å². The number of nitrogens with zero attached hydrogens (tertiary/aromatic N) is 1. The maximum atomic E-state index is 12.8. The van der Waals surface area contributed by atoms with Crippen LogP contribution in [0.25, 0.3) is 0 Å². The van der Waals surface area contributed by atoms with Crippen molar-refractivity contribution in [3.8, 4) is 0 Å². The third-order valence-electron chi connectivity index (χ3n) is 4.72. The van der Waals surface area contributed by atoms with Crippen LogP contribution in [-0.2, 0) is 4.79 Å². The molecule has 2 unspecified atom stereocenters. The Balaban J connectivity index is 0.00000264. The summed E-state index contributed by atoms with van der Waals surface area (Å²) in [6.07, 6.45) is 3.77. The van der Waals surface area contributed by atoms with Crippen molar-refractivity contribution in [2.75, 3.05) is 19.6 Å². The van der Waals surface area contributed by atoms with Crippen molar-refractivity contribution >= 4 is 18.3 Å². The molecule has 2 rings (SSSR count). The molecule has 0 aromatic heterocycles. The predicted octanol–water partition coefficient (Wildman–Crippen LogP) is 3.90. The molecule has 0 saturated carbocycles. The minimum atomic E-state index is 0. The first-order chi connectivity index (χ1) is 10.7. The molecule has 1 N–H and O–H groups in total. The van der Waals surface area contributed by atoms with Gasteiger partial charge in [-0.3, -0.25) is 4.79 Å². The molecule has 1 aliphatic rings. The van der Waals surface area contributed by atoms with E-state index in [1.807, 2.05) is 0 Å². The van der Waals surface area contributed by atoms with Crippen molar-refractivity contribution in [1.29, 1.82) is 0 Å². The summed E-state index contributed by atoms with van der Waals surface area (Å²) < 4.78 is 0. The number of rotatable bonds is 7. The van der Waals surface area contributed by atoms with Crippen LogP contribution in [0, 0.1) is 6.92 Å². The van der Waals surface area contributed by atoms with Crippen LogP contribution < -0.4 is 5.32 Å². The van der Waals surface area contributed by atoms with Crippen LogP contribution in [0.5, 0.6) is 0 Å². The van der Waals surface area contributed by atoms with Gasteiger partial charge in [-0.2, -0.15) is 0 Å². The van der Waals surface area contributed by atoms with Crippen molar-refractivity contribution in [3.63, 3.8) is 0 Å². The Morgan fingerprint density at radius 3 is 2.52 bits per heavy atom. The Morgan fingerprint density at radius 2 is 2.00 bits per heavy atom. The first-order valence-electron chi connectivity index (χ1n) is 8.72. The number of hydrogen-bond acceptors (Lipinski definition) is 2. The molecule has 23 heavy (non-hydrogen) atoms. The first kappa shape index (κ1) is 20.0. The Kier molecular flexibility index (Phi) is 8.64. The molecule has 1 heterocycles. The zero-order valence-corrected chi connectivity index (χ0v) is 15.5. The van der Waals surface area contributed by atoms with E-state index in [1.165, 1.54) is 11.1 Å². The molecule has 1 amide bonds. The van der Waals surface area contributed by atoms with Gasteiger partial charge in [0.15, 0.2) is 0 Å². The van der Waals surface area contributed by atoms with Gasteiger partial charge in [-0.1, -0.05) is 43.7 Å². The lowest BCUT2D eigenvalue weighted by Gasteiger charge is -2.30. The first-order valence-corrected chi connectivity index (χ1v) is 8.72. The molecule has 1 fully saturated rings. The smallest absolute Gasteiger partial charge is 0.223 e. The second-order valence-electron chi connectivity index (χ2n) is 6.45. The Hall–Kier alpha value is -1.06. The zero-order valence-electron chi connectivity index (χ0n) is 14.7. The lowest BCUT2D eigenvalue weighted by atomic mass is 9.92. The highest BCUT2D eigenvalue weighted by atomic mass is 35.5. The molecular weight excluding hydrogens is 308 g/mol. The fourth-order valence-electron chi connectivity index (χ4n) is 3.32. The van der Waals surface area contributed by atoms with E-state index in [-0.39, 0.29) is 12.4 Å². The maximum Gasteiger partial charge on any atom is 0.223 e. The van der Waals surface area contributed by atoms with E-state index >= 15 is 0 Å². The van der Waals surface area contributed by atoms with Crippen molar-refractivity contribution in [1.82, 2.24) is 10.2 Å². The van der Waals surface area contributed by atoms with Gasteiger partial charge < -0.3 is 10.2 Å². The number of aryl methyl sites for hydroxylation is 1. The molecule has 0 spiro atoms. The molecule has 4 heteroatoms. The number of halogens is 1. The van der Waals surface area contributed by atoms with E-state index in [2.05, 4.69) is 55.3 Å². The van der Waals surface area contributed by atoms with Crippen LogP contribution in [0.2, 0.25) is 0 Å². The largest absolute Gasteiger partial charge is 0.338 e. The second-order valence-corrected chi connectivity index (χ2v) is 6.45. The molecule has 1 aromatic carbocycles. The van der Waals surface area contributed by atoms with Crippen molar-refractivity contribution in [3.05, 3.63) is 35.4 Å². The van der Waals surface area contributed by atoms with E-state index in [0.29, 0.717) is 24.3 Å². The lowest BCUT2D eigenvalue weighted by Crippen LogP contribution is -2.42. The molecule has 2 atom stereocenters. The van der Waals surface area contributed by atoms with Gasteiger partial charge >= 0.3 is 0 Å². The summed E-state index contributed by atoms with van der Waals surface area (Å²) in [6, 6.07) is 9.04. The number of nitrogens with one attached hydrogen (secondary N) is 1. The van der Waals surface area contributed by atoms with Crippen LogP contribution >= 0.6 is 12.4 Å². The number of benzene rings is 1. The van der Waals surface area contributed by atoms with Gasteiger partial charge in [-0.25, -0.2) is 0 Å². The Morgan fingerprint density at radius 1 is 1.30 bits per heavy atom. The van der Waals surface area contributed by atoms with Gasteiger partial charge in [0.05, 0.1) is 0 Å². The van der Waals surface area contributed by atoms with Crippen molar-refractivity contribution < 1.29 is 4.79 Å². The average Bonchev–Trinajstić information content (AvgIpc) is 3.05. The summed E-state index contributed by atoms with van der Waals surface area (Å²) in [4.78, 5) is 14.9. The monoisotopic (exact) mass is 338 g/mol. The van der Waals surface area contributed by atoms with Gasteiger partial charge in [0.1, 0.15) is 0 Å². The highest BCUT2D eigenvalue weighted by molar-refractivity contribution is 5.85. The summed E-state index contributed by atoms with van der Waals surface area (Å²) in [5.74, 6) is 0.657. The Bertz CT molecular complexity index is 469. The molecule has 0 aliphatic carbocycles. The number of hydrogen-bond donors (Lipinski definition) is 1. The van der Waals surface area contributed by atoms with Crippen LogP contribution in [0.1, 0.15) is 56.6 Å². The lowest BCUT2D eigenvalue weighted by molar-refractivity contribution is -0.133. The zero-order chi connectivity index (χ0) is 15.9. The number of carbonyl (C=O) groups is 1. The van der Waals surface area contributed by atoms with E-state index in [1.54, 1.807) is 0 Å². The third-order valence-corrected chi connectivity index (χ3v) is 4.72. The normalized spacial score (nSPS) is 18.3. The fourth-order valence-corrected chi connectivity index (χ4v) is 3.32. The van der Waals surface area contributed by atoms with Gasteiger partial charge in [0, 0.05) is 25.6 Å². The molecule has 1 aromatic rings. The van der Waals surface area contributed by atoms with Crippen molar-refractivity contribution in [2.24, 2.45) is 0 Å². The second kappa shape index (κ2) is 9.94. The van der Waals surface area contributed by atoms with Gasteiger partial charge in [0.2, 0.25) is 5.91 Å². The Labute approximate surface area is 147 Å². The summed E-state index contributed by atoms with van der Waals surface area (Å²) in [6.45, 7) is 9.31. The molecule has 1 aliphatic heterocycles. The fraction of sp³-hybridized carbons (Fsp3) is 0.632. The highest BCUT2D eigenvalue weighted by Crippen LogP contribution is 2.25. The minimum Gasteiger partial charge on any atom is -0.338 e. The van der Waals surface area contributed by atoms with Crippen LogP contribution in [0.3, 0.4) is 0 Å². The molecule has 130 valence electrons. The SMILES string of the molecule is CCCN(C(=O)CC(CC)c1ccc(C)cc1)C1CCNC1.Cl. The predicted molar refractivity (Wildman–Crippen MR) is 99.4 cm³/mol. The third kappa shape index (κ3) is 5.50. The van der Waals surface area contributed by atoms with E-state index < -0.39 is 0 Å². The molecule has 1 saturated heterocycles. The molecule has 3 nitrogen and oxygen atoms in total. The van der Waals surface area contributed by atoms with Gasteiger partial charge in [-0.05, 0) is 44.2 Å². The summed E-state index contributed by atoms with van der Waals surface area (Å²) in [5, 5.41) is 3.38. The average molecular weight is 339 g/mol.